The summed E-state index contributed by atoms with van der Waals surface area (Å²) in [6.07, 6.45) is 5.33. The van der Waals surface area contributed by atoms with E-state index in [-0.39, 0.29) is 5.56 Å². The Morgan fingerprint density at radius 2 is 2.15 bits per heavy atom. The Morgan fingerprint density at radius 3 is 2.85 bits per heavy atom. The molecule has 1 aliphatic heterocycles. The predicted molar refractivity (Wildman–Crippen MR) is 77.2 cm³/mol. The lowest BCUT2D eigenvalue weighted by atomic mass is 10.3. The van der Waals surface area contributed by atoms with Gasteiger partial charge in [-0.3, -0.25) is 4.79 Å². The van der Waals surface area contributed by atoms with Crippen molar-refractivity contribution in [2.24, 2.45) is 0 Å². The van der Waals surface area contributed by atoms with Crippen molar-refractivity contribution in [1.29, 1.82) is 0 Å². The summed E-state index contributed by atoms with van der Waals surface area (Å²) < 4.78 is 6.87. The van der Waals surface area contributed by atoms with Crippen molar-refractivity contribution >= 4 is 5.69 Å². The van der Waals surface area contributed by atoms with Gasteiger partial charge in [-0.1, -0.05) is 0 Å². The molecule has 0 atom stereocenters. The quantitative estimate of drug-likeness (QED) is 0.755. The van der Waals surface area contributed by atoms with Gasteiger partial charge in [-0.2, -0.15) is 5.10 Å². The summed E-state index contributed by atoms with van der Waals surface area (Å²) in [6.45, 7) is 4.74. The largest absolute Gasteiger partial charge is 0.378 e. The highest BCUT2D eigenvalue weighted by molar-refractivity contribution is 5.43. The fraction of sp³-hybridized carbons (Fsp3) is 0.714. The maximum atomic E-state index is 12.0. The molecule has 20 heavy (non-hydrogen) atoms. The van der Waals surface area contributed by atoms with E-state index in [9.17, 15) is 4.79 Å². The monoisotopic (exact) mass is 278 g/mol. The van der Waals surface area contributed by atoms with E-state index in [1.165, 1.54) is 12.8 Å². The first-order valence-corrected chi connectivity index (χ1v) is 7.46. The molecular weight excluding hydrogens is 256 g/mol. The summed E-state index contributed by atoms with van der Waals surface area (Å²) in [5.74, 6) is 0. The number of aryl methyl sites for hydroxylation is 1. The molecule has 0 unspecified atom stereocenters. The number of hydrogen-bond donors (Lipinski definition) is 1. The maximum absolute atomic E-state index is 12.0. The Morgan fingerprint density at radius 1 is 1.35 bits per heavy atom. The van der Waals surface area contributed by atoms with Crippen LogP contribution in [-0.2, 0) is 11.3 Å². The van der Waals surface area contributed by atoms with Crippen LogP contribution in [0, 0.1) is 0 Å². The molecule has 6 nitrogen and oxygen atoms in total. The average Bonchev–Trinajstić information content (AvgIpc) is 3.30. The molecule has 1 aliphatic carbocycles. The number of nitrogens with one attached hydrogen (secondary N) is 1. The van der Waals surface area contributed by atoms with Gasteiger partial charge >= 0.3 is 0 Å². The van der Waals surface area contributed by atoms with Crippen LogP contribution in [0.2, 0.25) is 0 Å². The van der Waals surface area contributed by atoms with Crippen molar-refractivity contribution in [3.8, 4) is 0 Å². The SMILES string of the molecule is O=c1cc(N2CCOCC2)cnn1CCCNC1CC1. The van der Waals surface area contributed by atoms with E-state index in [4.69, 9.17) is 4.74 Å². The molecule has 3 rings (SSSR count). The summed E-state index contributed by atoms with van der Waals surface area (Å²) in [5, 5.41) is 7.72. The van der Waals surface area contributed by atoms with Crippen molar-refractivity contribution in [2.75, 3.05) is 37.7 Å². The highest BCUT2D eigenvalue weighted by atomic mass is 16.5. The Balaban J connectivity index is 1.54. The number of hydrogen-bond acceptors (Lipinski definition) is 5. The zero-order chi connectivity index (χ0) is 13.8. The van der Waals surface area contributed by atoms with Gasteiger partial charge in [0.25, 0.3) is 5.56 Å². The van der Waals surface area contributed by atoms with E-state index in [2.05, 4.69) is 15.3 Å². The van der Waals surface area contributed by atoms with Crippen LogP contribution in [0.4, 0.5) is 5.69 Å². The second-order valence-electron chi connectivity index (χ2n) is 5.46. The van der Waals surface area contributed by atoms with Gasteiger partial charge in [0.1, 0.15) is 0 Å². The van der Waals surface area contributed by atoms with Gasteiger partial charge in [0.05, 0.1) is 25.1 Å². The first kappa shape index (κ1) is 13.6. The molecule has 2 heterocycles. The molecule has 0 radical (unpaired) electrons. The molecule has 0 aromatic carbocycles. The fourth-order valence-corrected chi connectivity index (χ4v) is 2.41. The number of ether oxygens (including phenoxy) is 1. The molecule has 1 saturated carbocycles. The number of nitrogens with zero attached hydrogens (tertiary/aromatic N) is 3. The molecule has 6 heteroatoms. The van der Waals surface area contributed by atoms with Gasteiger partial charge in [0.2, 0.25) is 0 Å². The smallest absolute Gasteiger partial charge is 0.268 e. The zero-order valence-corrected chi connectivity index (χ0v) is 11.8. The third kappa shape index (κ3) is 3.58. The Kier molecular flexibility index (Phi) is 4.32. The minimum absolute atomic E-state index is 0.0135. The van der Waals surface area contributed by atoms with Crippen LogP contribution >= 0.6 is 0 Å². The fourth-order valence-electron chi connectivity index (χ4n) is 2.41. The third-order valence-electron chi connectivity index (χ3n) is 3.79. The molecule has 2 aliphatic rings. The number of rotatable bonds is 6. The van der Waals surface area contributed by atoms with Gasteiger partial charge in [0.15, 0.2) is 0 Å². The number of anilines is 1. The van der Waals surface area contributed by atoms with Gasteiger partial charge in [0, 0.05) is 31.7 Å². The lowest BCUT2D eigenvalue weighted by molar-refractivity contribution is 0.122. The average molecular weight is 278 g/mol. The molecule has 0 amide bonds. The lowest BCUT2D eigenvalue weighted by Crippen LogP contribution is -2.37. The van der Waals surface area contributed by atoms with Crippen LogP contribution in [-0.4, -0.2) is 48.7 Å². The van der Waals surface area contributed by atoms with Crippen molar-refractivity contribution < 1.29 is 4.74 Å². The lowest BCUT2D eigenvalue weighted by Gasteiger charge is -2.28. The minimum Gasteiger partial charge on any atom is -0.378 e. The van der Waals surface area contributed by atoms with E-state index in [1.54, 1.807) is 16.9 Å². The van der Waals surface area contributed by atoms with Crippen LogP contribution in [0.1, 0.15) is 19.3 Å². The van der Waals surface area contributed by atoms with Crippen molar-refractivity contribution in [3.05, 3.63) is 22.6 Å². The predicted octanol–water partition coefficient (Wildman–Crippen LogP) is 0.222. The molecule has 1 aromatic heterocycles. The first-order chi connectivity index (χ1) is 9.83. The topological polar surface area (TPSA) is 59.4 Å². The van der Waals surface area contributed by atoms with Gasteiger partial charge in [-0.25, -0.2) is 4.68 Å². The highest BCUT2D eigenvalue weighted by Gasteiger charge is 2.19. The molecule has 2 fully saturated rings. The van der Waals surface area contributed by atoms with Crippen LogP contribution < -0.4 is 15.8 Å². The summed E-state index contributed by atoms with van der Waals surface area (Å²) in [6, 6.07) is 2.41. The standard InChI is InChI=1S/C14H22N4O2/c19-14-10-13(17-6-8-20-9-7-17)11-16-18(14)5-1-4-15-12-2-3-12/h10-12,15H,1-9H2. The third-order valence-corrected chi connectivity index (χ3v) is 3.79. The van der Waals surface area contributed by atoms with E-state index in [0.29, 0.717) is 6.54 Å². The summed E-state index contributed by atoms with van der Waals surface area (Å²) in [4.78, 5) is 14.2. The second-order valence-corrected chi connectivity index (χ2v) is 5.46. The first-order valence-electron chi connectivity index (χ1n) is 7.46. The minimum atomic E-state index is -0.0135. The van der Waals surface area contributed by atoms with Crippen molar-refractivity contribution in [3.63, 3.8) is 0 Å². The highest BCUT2D eigenvalue weighted by Crippen LogP contribution is 2.18. The van der Waals surface area contributed by atoms with Crippen LogP contribution in [0.5, 0.6) is 0 Å². The van der Waals surface area contributed by atoms with E-state index in [0.717, 1.165) is 51.0 Å². The van der Waals surface area contributed by atoms with Gasteiger partial charge < -0.3 is 15.0 Å². The molecule has 110 valence electrons. The number of morpholine rings is 1. The molecule has 1 saturated heterocycles. The maximum Gasteiger partial charge on any atom is 0.268 e. The van der Waals surface area contributed by atoms with E-state index in [1.807, 2.05) is 0 Å². The van der Waals surface area contributed by atoms with Crippen molar-refractivity contribution in [1.82, 2.24) is 15.1 Å². The zero-order valence-electron chi connectivity index (χ0n) is 11.8. The normalized spacial score (nSPS) is 19.3. The molecule has 0 spiro atoms. The van der Waals surface area contributed by atoms with Gasteiger partial charge in [-0.15, -0.1) is 0 Å². The van der Waals surface area contributed by atoms with E-state index < -0.39 is 0 Å². The number of aromatic nitrogens is 2. The van der Waals surface area contributed by atoms with Crippen LogP contribution in [0.3, 0.4) is 0 Å². The Bertz CT molecular complexity index is 492. The van der Waals surface area contributed by atoms with Gasteiger partial charge in [-0.05, 0) is 25.8 Å². The molecule has 1 aromatic rings. The molecule has 1 N–H and O–H groups in total. The Hall–Kier alpha value is -1.40. The van der Waals surface area contributed by atoms with E-state index >= 15 is 0 Å². The second kappa shape index (κ2) is 6.37. The van der Waals surface area contributed by atoms with Crippen LogP contribution in [0.25, 0.3) is 0 Å². The summed E-state index contributed by atoms with van der Waals surface area (Å²) in [7, 11) is 0. The Labute approximate surface area is 118 Å². The summed E-state index contributed by atoms with van der Waals surface area (Å²) in [5.41, 5.74) is 0.895. The van der Waals surface area contributed by atoms with Crippen molar-refractivity contribution in [2.45, 2.75) is 31.8 Å². The summed E-state index contributed by atoms with van der Waals surface area (Å²) >= 11 is 0. The molecule has 0 bridgehead atoms. The van der Waals surface area contributed by atoms with Crippen LogP contribution in [0.15, 0.2) is 17.1 Å². The molecular formula is C14H22N4O2.